The molecule has 7 nitrogen and oxygen atoms in total. The van der Waals surface area contributed by atoms with E-state index in [4.69, 9.17) is 26.6 Å². The number of nitrogens with zero attached hydrogens (tertiary/aromatic N) is 2. The minimum atomic E-state index is -5.08. The number of nitrogens with one attached hydrogen (secondary N) is 2. The van der Waals surface area contributed by atoms with Gasteiger partial charge in [0.15, 0.2) is 0 Å². The van der Waals surface area contributed by atoms with Crippen molar-refractivity contribution in [2.24, 2.45) is 0 Å². The van der Waals surface area contributed by atoms with Crippen LogP contribution in [0, 0.1) is 11.8 Å². The molecule has 0 aliphatic heterocycles. The minimum Gasteiger partial charge on any atom is -0.475 e. The molecule has 2 atom stereocenters. The van der Waals surface area contributed by atoms with E-state index in [9.17, 15) is 13.2 Å². The number of anilines is 1. The summed E-state index contributed by atoms with van der Waals surface area (Å²) in [4.78, 5) is 20.4. The van der Waals surface area contributed by atoms with Crippen LogP contribution in [-0.4, -0.2) is 52.0 Å². The van der Waals surface area contributed by atoms with Crippen LogP contribution in [0.5, 0.6) is 0 Å². The number of allylic oxidation sites excluding steroid dienone is 1. The van der Waals surface area contributed by atoms with E-state index in [1.807, 2.05) is 13.1 Å². The van der Waals surface area contributed by atoms with Crippen LogP contribution in [0.4, 0.5) is 19.0 Å². The van der Waals surface area contributed by atoms with E-state index >= 15 is 0 Å². The zero-order valence-electron chi connectivity index (χ0n) is 20.3. The van der Waals surface area contributed by atoms with Gasteiger partial charge in [-0.25, -0.2) is 9.78 Å². The number of aliphatic hydroxyl groups is 1. The van der Waals surface area contributed by atoms with Gasteiger partial charge in [0.05, 0.1) is 16.8 Å². The number of halogens is 4. The van der Waals surface area contributed by atoms with Gasteiger partial charge in [-0.1, -0.05) is 30.1 Å². The van der Waals surface area contributed by atoms with Crippen LogP contribution < -0.4 is 10.6 Å². The van der Waals surface area contributed by atoms with Crippen molar-refractivity contribution in [1.82, 2.24) is 15.3 Å². The number of carbonyl (C=O) groups is 1. The van der Waals surface area contributed by atoms with Crippen molar-refractivity contribution in [1.29, 1.82) is 0 Å². The standard InChI is InChI=1S/C23H25ClN4OS2.C2HF3O2/c1-25-18-11-5-4-9-16(18)20-17(10-3-2-6-12-29)19-21(31-20)22(28-23(24)27-19)26-14-15-8-7-13-30-15;3-2(4,5)1(6)7/h4-5,7-8,13,16,18,25,29H,2,6,9,11-12,14H2,1H3,(H,26,27,28);(H,6,7)/t16-,18-;/m0./s1. The number of carboxylic acid groups (broad SMARTS) is 1. The zero-order chi connectivity index (χ0) is 27.7. The summed E-state index contributed by atoms with van der Waals surface area (Å²) in [7, 11) is 2.02. The monoisotopic (exact) mass is 586 g/mol. The van der Waals surface area contributed by atoms with Gasteiger partial charge in [0.2, 0.25) is 5.28 Å². The van der Waals surface area contributed by atoms with Crippen molar-refractivity contribution in [3.05, 3.63) is 50.3 Å². The van der Waals surface area contributed by atoms with Crippen LogP contribution in [-0.2, 0) is 11.3 Å². The van der Waals surface area contributed by atoms with Crippen molar-refractivity contribution >= 4 is 56.3 Å². The van der Waals surface area contributed by atoms with Gasteiger partial charge in [-0.15, -0.1) is 22.7 Å². The Hall–Kier alpha value is -2.69. The van der Waals surface area contributed by atoms with Crippen LogP contribution in [0.25, 0.3) is 10.2 Å². The third-order valence-corrected chi connectivity index (χ3v) is 7.96. The van der Waals surface area contributed by atoms with Crippen LogP contribution in [0.3, 0.4) is 0 Å². The second-order valence-electron chi connectivity index (χ2n) is 8.17. The van der Waals surface area contributed by atoms with Gasteiger partial charge in [-0.05, 0) is 49.4 Å². The first-order valence-electron chi connectivity index (χ1n) is 11.6. The largest absolute Gasteiger partial charge is 0.490 e. The number of unbranched alkanes of at least 4 members (excludes halogenated alkanes) is 1. The summed E-state index contributed by atoms with van der Waals surface area (Å²) >= 11 is 9.76. The number of fused-ring (bicyclic) bond motifs is 1. The van der Waals surface area contributed by atoms with Gasteiger partial charge in [-0.2, -0.15) is 18.2 Å². The van der Waals surface area contributed by atoms with Crippen LogP contribution in [0.1, 0.15) is 46.9 Å². The van der Waals surface area contributed by atoms with E-state index in [2.05, 4.69) is 56.0 Å². The summed E-state index contributed by atoms with van der Waals surface area (Å²) < 4.78 is 32.7. The lowest BCUT2D eigenvalue weighted by molar-refractivity contribution is -0.192. The summed E-state index contributed by atoms with van der Waals surface area (Å²) in [5, 5.41) is 25.4. The first kappa shape index (κ1) is 29.9. The molecule has 3 aromatic rings. The molecule has 0 aromatic carbocycles. The summed E-state index contributed by atoms with van der Waals surface area (Å²) in [6.45, 7) is 0.835. The molecule has 0 amide bonds. The van der Waals surface area contributed by atoms with E-state index in [-0.39, 0.29) is 11.9 Å². The lowest BCUT2D eigenvalue weighted by Gasteiger charge is -2.27. The number of aliphatic hydroxyl groups excluding tert-OH is 1. The Morgan fingerprint density at radius 3 is 2.66 bits per heavy atom. The van der Waals surface area contributed by atoms with Gasteiger partial charge in [0, 0.05) is 34.7 Å². The third kappa shape index (κ3) is 7.91. The molecular weight excluding hydrogens is 561 g/mol. The molecule has 0 bridgehead atoms. The highest BCUT2D eigenvalue weighted by Crippen LogP contribution is 2.42. The van der Waals surface area contributed by atoms with E-state index < -0.39 is 12.1 Å². The Bertz CT molecular complexity index is 1320. The van der Waals surface area contributed by atoms with Crippen LogP contribution in [0.15, 0.2) is 29.7 Å². The fraction of sp³-hybridized carbons (Fsp3) is 0.400. The number of hydrogen-bond acceptors (Lipinski definition) is 8. The molecule has 0 saturated carbocycles. The summed E-state index contributed by atoms with van der Waals surface area (Å²) in [5.41, 5.74) is 1.76. The average molecular weight is 587 g/mol. The molecule has 3 heterocycles. The average Bonchev–Trinajstić information content (AvgIpc) is 3.53. The maximum atomic E-state index is 10.6. The number of carboxylic acids is 1. The molecule has 13 heteroatoms. The molecule has 1 aliphatic carbocycles. The first-order chi connectivity index (χ1) is 18.2. The predicted molar refractivity (Wildman–Crippen MR) is 145 cm³/mol. The maximum Gasteiger partial charge on any atom is 0.490 e. The number of aliphatic carboxylic acids is 1. The van der Waals surface area contributed by atoms with Crippen molar-refractivity contribution in [2.75, 3.05) is 19.0 Å². The predicted octanol–water partition coefficient (Wildman–Crippen LogP) is 5.80. The number of alkyl halides is 3. The Labute approximate surface area is 230 Å². The van der Waals surface area contributed by atoms with E-state index in [1.165, 1.54) is 9.75 Å². The summed E-state index contributed by atoms with van der Waals surface area (Å²) in [5.74, 6) is 4.90. The molecule has 4 rings (SSSR count). The number of aromatic nitrogens is 2. The molecule has 38 heavy (non-hydrogen) atoms. The molecule has 3 aromatic heterocycles. The highest BCUT2D eigenvalue weighted by atomic mass is 35.5. The minimum absolute atomic E-state index is 0.145. The smallest absolute Gasteiger partial charge is 0.475 e. The Kier molecular flexibility index (Phi) is 10.9. The van der Waals surface area contributed by atoms with Crippen molar-refractivity contribution < 1.29 is 28.2 Å². The van der Waals surface area contributed by atoms with E-state index in [0.717, 1.165) is 34.4 Å². The second kappa shape index (κ2) is 13.9. The second-order valence-corrected chi connectivity index (χ2v) is 10.6. The third-order valence-electron chi connectivity index (χ3n) is 5.60. The Morgan fingerprint density at radius 1 is 1.29 bits per heavy atom. The molecule has 204 valence electrons. The number of thiophene rings is 2. The Balaban J connectivity index is 0.000000505. The van der Waals surface area contributed by atoms with Gasteiger partial charge in [0.25, 0.3) is 0 Å². The lowest BCUT2D eigenvalue weighted by Crippen LogP contribution is -2.33. The van der Waals surface area contributed by atoms with E-state index in [1.54, 1.807) is 22.7 Å². The van der Waals surface area contributed by atoms with Crippen LogP contribution in [0.2, 0.25) is 5.28 Å². The van der Waals surface area contributed by atoms with Gasteiger partial charge in [-0.3, -0.25) is 0 Å². The van der Waals surface area contributed by atoms with Crippen molar-refractivity contribution in [3.63, 3.8) is 0 Å². The topological polar surface area (TPSA) is 107 Å². The van der Waals surface area contributed by atoms with Gasteiger partial charge in [0.1, 0.15) is 11.3 Å². The summed E-state index contributed by atoms with van der Waals surface area (Å²) in [6.07, 6.45) is 2.67. The Morgan fingerprint density at radius 2 is 2.03 bits per heavy atom. The van der Waals surface area contributed by atoms with E-state index in [0.29, 0.717) is 31.3 Å². The number of likely N-dealkylation sites (N-methyl/N-ethyl adjacent to an activating group) is 1. The SMILES string of the molecule is CN[C@H]1CC=CC[C@@H]1c1sc2c(NCc3cccs3)nc(Cl)nc2c1C#CCCCO.O=C(O)C(F)(F)F. The molecule has 0 saturated heterocycles. The fourth-order valence-corrected chi connectivity index (χ4v) is 5.95. The molecule has 1 aliphatic rings. The number of rotatable bonds is 7. The molecule has 4 N–H and O–H groups in total. The first-order valence-corrected chi connectivity index (χ1v) is 13.7. The fourth-order valence-electron chi connectivity index (χ4n) is 3.79. The van der Waals surface area contributed by atoms with Crippen molar-refractivity contribution in [2.45, 2.75) is 50.4 Å². The maximum absolute atomic E-state index is 10.6. The lowest BCUT2D eigenvalue weighted by atomic mass is 9.86. The number of hydrogen-bond donors (Lipinski definition) is 4. The van der Waals surface area contributed by atoms with Gasteiger partial charge < -0.3 is 20.8 Å². The van der Waals surface area contributed by atoms with Crippen LogP contribution >= 0.6 is 34.3 Å². The normalized spacial score (nSPS) is 16.9. The van der Waals surface area contributed by atoms with Gasteiger partial charge >= 0.3 is 12.1 Å². The molecule has 0 fully saturated rings. The molecule has 0 spiro atoms. The quantitative estimate of drug-likeness (QED) is 0.120. The zero-order valence-corrected chi connectivity index (χ0v) is 22.7. The highest BCUT2D eigenvalue weighted by molar-refractivity contribution is 7.20. The highest BCUT2D eigenvalue weighted by Gasteiger charge is 2.38. The molecular formula is C25H26ClF3N4O3S2. The molecule has 0 unspecified atom stereocenters. The summed E-state index contributed by atoms with van der Waals surface area (Å²) in [6, 6.07) is 4.49. The van der Waals surface area contributed by atoms with Crippen molar-refractivity contribution in [3.8, 4) is 11.8 Å². The molecule has 0 radical (unpaired) electrons.